The lowest BCUT2D eigenvalue weighted by Crippen LogP contribution is -2.35. The van der Waals surface area contributed by atoms with Crippen LogP contribution in [0.5, 0.6) is 6.01 Å². The van der Waals surface area contributed by atoms with Crippen molar-refractivity contribution in [2.75, 3.05) is 17.3 Å². The zero-order chi connectivity index (χ0) is 22.6. The summed E-state index contributed by atoms with van der Waals surface area (Å²) in [5.74, 6) is -0.844. The van der Waals surface area contributed by atoms with E-state index in [-0.39, 0.29) is 35.2 Å². The molecule has 0 aliphatic heterocycles. The molecule has 1 aromatic carbocycles. The highest BCUT2D eigenvalue weighted by atomic mass is 19.4. The van der Waals surface area contributed by atoms with Crippen LogP contribution < -0.4 is 15.0 Å². The molecule has 0 unspecified atom stereocenters. The van der Waals surface area contributed by atoms with Crippen molar-refractivity contribution in [1.29, 1.82) is 5.26 Å². The molecule has 0 aliphatic carbocycles. The number of nitrogens with one attached hydrogen (secondary N) is 2. The van der Waals surface area contributed by atoms with Crippen molar-refractivity contribution in [3.8, 4) is 12.1 Å². The van der Waals surface area contributed by atoms with E-state index in [1.165, 1.54) is 31.6 Å². The van der Waals surface area contributed by atoms with E-state index in [1.807, 2.05) is 0 Å². The fraction of sp³-hybridized carbons (Fsp3) is 0.167. The normalized spacial score (nSPS) is 11.0. The third kappa shape index (κ3) is 5.04. The number of carbonyl (C=O) groups is 1. The highest BCUT2D eigenvalue weighted by Gasteiger charge is 2.34. The molecule has 0 aliphatic rings. The van der Waals surface area contributed by atoms with Crippen LogP contribution in [0.15, 0.2) is 36.7 Å². The Balaban J connectivity index is 1.89. The zero-order valence-electron chi connectivity index (χ0n) is 15.7. The molecular weight excluding hydrogens is 422 g/mol. The maximum Gasteiger partial charge on any atom is 0.435 e. The second kappa shape index (κ2) is 8.66. The zero-order valence-corrected chi connectivity index (χ0v) is 15.7. The van der Waals surface area contributed by atoms with Gasteiger partial charge in [-0.1, -0.05) is 0 Å². The molecule has 0 fully saturated rings. The smallest absolute Gasteiger partial charge is 0.435 e. The molecule has 0 saturated heterocycles. The van der Waals surface area contributed by atoms with Gasteiger partial charge >= 0.3 is 18.2 Å². The minimum Gasteiger partial charge on any atom is -0.467 e. The number of urea groups is 1. The van der Waals surface area contributed by atoms with Crippen LogP contribution in [0, 0.1) is 17.1 Å². The van der Waals surface area contributed by atoms with Gasteiger partial charge in [0.1, 0.15) is 11.9 Å². The summed E-state index contributed by atoms with van der Waals surface area (Å²) in [4.78, 5) is 21.6. The monoisotopic (exact) mass is 435 g/mol. The number of methoxy groups -OCH3 is 1. The van der Waals surface area contributed by atoms with Crippen LogP contribution in [0.3, 0.4) is 0 Å². The number of benzene rings is 1. The molecule has 9 nitrogen and oxygen atoms in total. The van der Waals surface area contributed by atoms with Crippen LogP contribution in [0.25, 0.3) is 0 Å². The molecule has 0 saturated carbocycles. The predicted molar refractivity (Wildman–Crippen MR) is 98.5 cm³/mol. The Hall–Kier alpha value is -4.21. The highest BCUT2D eigenvalue weighted by Crippen LogP contribution is 2.28. The van der Waals surface area contributed by atoms with Crippen LogP contribution in [0.1, 0.15) is 17.0 Å². The number of halogens is 4. The lowest BCUT2D eigenvalue weighted by atomic mass is 10.2. The van der Waals surface area contributed by atoms with Gasteiger partial charge in [-0.05, 0) is 24.3 Å². The number of hydrogen-bond acceptors (Lipinski definition) is 6. The summed E-state index contributed by atoms with van der Waals surface area (Å²) < 4.78 is 57.1. The van der Waals surface area contributed by atoms with E-state index in [1.54, 1.807) is 6.07 Å². The molecule has 31 heavy (non-hydrogen) atoms. The van der Waals surface area contributed by atoms with Gasteiger partial charge < -0.3 is 10.1 Å². The molecule has 2 heterocycles. The van der Waals surface area contributed by atoms with Crippen LogP contribution in [0.4, 0.5) is 33.7 Å². The number of hydrogen-bond donors (Lipinski definition) is 2. The van der Waals surface area contributed by atoms with E-state index in [2.05, 4.69) is 25.5 Å². The van der Waals surface area contributed by atoms with E-state index in [0.717, 1.165) is 17.0 Å². The number of rotatable bonds is 5. The van der Waals surface area contributed by atoms with E-state index in [0.29, 0.717) is 0 Å². The van der Waals surface area contributed by atoms with Crippen molar-refractivity contribution >= 4 is 17.4 Å². The van der Waals surface area contributed by atoms with Gasteiger partial charge in [-0.15, -0.1) is 0 Å². The third-order valence-corrected chi connectivity index (χ3v) is 3.94. The van der Waals surface area contributed by atoms with E-state index in [4.69, 9.17) is 10.00 Å². The van der Waals surface area contributed by atoms with Gasteiger partial charge in [0.05, 0.1) is 43.0 Å². The Bertz CT molecular complexity index is 1120. The standard InChI is InChI=1S/C18H13F4N7O2/c1-31-16-24-7-13(8-25-16)29(9-12-5-15(28-27-12)18(20,21)22)17(30)26-11-3-2-10(6-23)14(19)4-11/h2-5,7-8H,9H2,1H3,(H,26,30)(H,27,28). The van der Waals surface area contributed by atoms with Crippen molar-refractivity contribution in [2.45, 2.75) is 12.7 Å². The maximum atomic E-state index is 13.8. The second-order valence-corrected chi connectivity index (χ2v) is 6.03. The van der Waals surface area contributed by atoms with Crippen molar-refractivity contribution < 1.29 is 27.1 Å². The highest BCUT2D eigenvalue weighted by molar-refractivity contribution is 6.01. The van der Waals surface area contributed by atoms with Crippen LogP contribution in [0.2, 0.25) is 0 Å². The number of carbonyl (C=O) groups excluding carboxylic acids is 1. The molecule has 3 rings (SSSR count). The topological polar surface area (TPSA) is 120 Å². The van der Waals surface area contributed by atoms with Gasteiger partial charge in [0.15, 0.2) is 5.69 Å². The first-order chi connectivity index (χ1) is 14.7. The number of ether oxygens (including phenoxy) is 1. The molecular formula is C18H13F4N7O2. The van der Waals surface area contributed by atoms with Gasteiger partial charge in [0.2, 0.25) is 0 Å². The van der Waals surface area contributed by atoms with Crippen molar-refractivity contribution in [3.63, 3.8) is 0 Å². The predicted octanol–water partition coefficient (Wildman–Crippen LogP) is 3.48. The van der Waals surface area contributed by atoms with Gasteiger partial charge in [-0.3, -0.25) is 10.00 Å². The molecule has 0 atom stereocenters. The number of aromatic nitrogens is 4. The molecule has 13 heteroatoms. The Morgan fingerprint density at radius 2 is 2.00 bits per heavy atom. The summed E-state index contributed by atoms with van der Waals surface area (Å²) in [5, 5.41) is 16.6. The van der Waals surface area contributed by atoms with E-state index in [9.17, 15) is 22.4 Å². The van der Waals surface area contributed by atoms with Crippen molar-refractivity contribution in [3.05, 3.63) is 59.4 Å². The minimum absolute atomic E-state index is 0.0131. The molecule has 0 bridgehead atoms. The SMILES string of the molecule is COc1ncc(N(Cc2cc(C(F)(F)F)n[nH]2)C(=O)Nc2ccc(C#N)c(F)c2)cn1. The first kappa shape index (κ1) is 21.5. The molecule has 2 N–H and O–H groups in total. The molecule has 2 aromatic heterocycles. The van der Waals surface area contributed by atoms with Crippen molar-refractivity contribution in [2.24, 2.45) is 0 Å². The third-order valence-electron chi connectivity index (χ3n) is 3.94. The quantitative estimate of drug-likeness (QED) is 0.592. The van der Waals surface area contributed by atoms with Gasteiger partial charge in [0.25, 0.3) is 0 Å². The first-order valence-electron chi connectivity index (χ1n) is 8.47. The van der Waals surface area contributed by atoms with Crippen LogP contribution >= 0.6 is 0 Å². The number of nitrogens with zero attached hydrogens (tertiary/aromatic N) is 5. The minimum atomic E-state index is -4.66. The summed E-state index contributed by atoms with van der Waals surface area (Å²) in [6.07, 6.45) is -2.21. The first-order valence-corrected chi connectivity index (χ1v) is 8.47. The molecule has 2 amide bonds. The summed E-state index contributed by atoms with van der Waals surface area (Å²) >= 11 is 0. The van der Waals surface area contributed by atoms with Gasteiger partial charge in [-0.25, -0.2) is 19.2 Å². The Kier molecular flexibility index (Phi) is 6.00. The van der Waals surface area contributed by atoms with Crippen LogP contribution in [-0.4, -0.2) is 33.3 Å². The maximum absolute atomic E-state index is 13.8. The number of nitriles is 1. The number of amides is 2. The Labute approximate surface area is 172 Å². The van der Waals surface area contributed by atoms with E-state index < -0.39 is 23.7 Å². The summed E-state index contributed by atoms with van der Waals surface area (Å²) in [5.41, 5.74) is -1.24. The summed E-state index contributed by atoms with van der Waals surface area (Å²) in [6.45, 7) is -0.358. The number of aromatic amines is 1. The Morgan fingerprint density at radius 3 is 2.55 bits per heavy atom. The van der Waals surface area contributed by atoms with E-state index >= 15 is 0 Å². The molecule has 0 radical (unpaired) electrons. The average molecular weight is 435 g/mol. The summed E-state index contributed by atoms with van der Waals surface area (Å²) in [6, 6.07) is 5.03. The lowest BCUT2D eigenvalue weighted by molar-refractivity contribution is -0.141. The number of alkyl halides is 3. The van der Waals surface area contributed by atoms with Crippen LogP contribution in [-0.2, 0) is 12.7 Å². The molecule has 160 valence electrons. The average Bonchev–Trinajstić information content (AvgIpc) is 3.21. The largest absolute Gasteiger partial charge is 0.467 e. The second-order valence-electron chi connectivity index (χ2n) is 6.03. The molecule has 3 aromatic rings. The fourth-order valence-electron chi connectivity index (χ4n) is 2.47. The summed E-state index contributed by atoms with van der Waals surface area (Å²) in [7, 11) is 1.34. The van der Waals surface area contributed by atoms with Gasteiger partial charge in [-0.2, -0.15) is 23.5 Å². The number of anilines is 2. The fourth-order valence-corrected chi connectivity index (χ4v) is 2.47. The lowest BCUT2D eigenvalue weighted by Gasteiger charge is -2.22. The van der Waals surface area contributed by atoms with Crippen molar-refractivity contribution in [1.82, 2.24) is 20.2 Å². The molecule has 0 spiro atoms. The van der Waals surface area contributed by atoms with Gasteiger partial charge in [0, 0.05) is 5.69 Å². The number of H-pyrrole nitrogens is 1. The Morgan fingerprint density at radius 1 is 1.29 bits per heavy atom.